The Labute approximate surface area is 123 Å². The summed E-state index contributed by atoms with van der Waals surface area (Å²) < 4.78 is 0. The van der Waals surface area contributed by atoms with Crippen LogP contribution in [0.4, 0.5) is 5.69 Å². The van der Waals surface area contributed by atoms with Gasteiger partial charge in [-0.2, -0.15) is 0 Å². The highest BCUT2D eigenvalue weighted by Gasteiger charge is 2.07. The average Bonchev–Trinajstić information content (AvgIpc) is 2.48. The van der Waals surface area contributed by atoms with Crippen molar-refractivity contribution >= 4 is 23.4 Å². The second-order valence-corrected chi connectivity index (χ2v) is 5.40. The fourth-order valence-electron chi connectivity index (χ4n) is 1.73. The van der Waals surface area contributed by atoms with Crippen molar-refractivity contribution in [1.82, 2.24) is 0 Å². The van der Waals surface area contributed by atoms with Gasteiger partial charge in [-0.25, -0.2) is 0 Å². The highest BCUT2D eigenvalue weighted by Crippen LogP contribution is 2.33. The van der Waals surface area contributed by atoms with Crippen LogP contribution in [-0.2, 0) is 4.79 Å². The van der Waals surface area contributed by atoms with E-state index in [0.29, 0.717) is 12.8 Å². The Kier molecular flexibility index (Phi) is 5.65. The standard InChI is InChI=1S/C16H17NO2S/c18-12-6-11-16(19)17-14-9-4-5-10-15(14)20-13-7-2-1-3-8-13/h1-5,7-10,18H,6,11-12H2,(H,17,19). The summed E-state index contributed by atoms with van der Waals surface area (Å²) in [5.74, 6) is -0.0693. The van der Waals surface area contributed by atoms with Crippen LogP contribution in [-0.4, -0.2) is 17.6 Å². The monoisotopic (exact) mass is 287 g/mol. The minimum absolute atomic E-state index is 0.0355. The van der Waals surface area contributed by atoms with Crippen LogP contribution in [0.2, 0.25) is 0 Å². The normalized spacial score (nSPS) is 10.2. The second-order valence-electron chi connectivity index (χ2n) is 4.29. The molecule has 0 saturated heterocycles. The van der Waals surface area contributed by atoms with Crippen molar-refractivity contribution in [2.24, 2.45) is 0 Å². The number of carbonyl (C=O) groups is 1. The van der Waals surface area contributed by atoms with Crippen LogP contribution in [0.5, 0.6) is 0 Å². The Hall–Kier alpha value is -1.78. The SMILES string of the molecule is O=C(CCCO)Nc1ccccc1Sc1ccccc1. The van der Waals surface area contributed by atoms with Gasteiger partial charge in [-0.3, -0.25) is 4.79 Å². The third-order valence-corrected chi connectivity index (χ3v) is 3.78. The highest BCUT2D eigenvalue weighted by atomic mass is 32.2. The minimum Gasteiger partial charge on any atom is -0.396 e. The first-order valence-corrected chi connectivity index (χ1v) is 7.34. The Bertz CT molecular complexity index is 557. The van der Waals surface area contributed by atoms with Crippen LogP contribution in [0.1, 0.15) is 12.8 Å². The summed E-state index contributed by atoms with van der Waals surface area (Å²) in [6.07, 6.45) is 0.820. The van der Waals surface area contributed by atoms with E-state index in [-0.39, 0.29) is 12.5 Å². The molecule has 2 N–H and O–H groups in total. The summed E-state index contributed by atoms with van der Waals surface area (Å²) in [4.78, 5) is 13.9. The lowest BCUT2D eigenvalue weighted by Crippen LogP contribution is -2.12. The van der Waals surface area contributed by atoms with Crippen LogP contribution in [0.3, 0.4) is 0 Å². The molecule has 3 nitrogen and oxygen atoms in total. The molecule has 0 aliphatic heterocycles. The van der Waals surface area contributed by atoms with Crippen LogP contribution in [0, 0.1) is 0 Å². The number of hydrogen-bond acceptors (Lipinski definition) is 3. The van der Waals surface area contributed by atoms with Gasteiger partial charge in [-0.1, -0.05) is 42.1 Å². The molecule has 0 aromatic heterocycles. The van der Waals surface area contributed by atoms with Gasteiger partial charge < -0.3 is 10.4 Å². The molecule has 0 saturated carbocycles. The average molecular weight is 287 g/mol. The fourth-order valence-corrected chi connectivity index (χ4v) is 2.65. The lowest BCUT2D eigenvalue weighted by molar-refractivity contribution is -0.116. The number of carbonyl (C=O) groups excluding carboxylic acids is 1. The van der Waals surface area contributed by atoms with E-state index in [9.17, 15) is 4.79 Å². The summed E-state index contributed by atoms with van der Waals surface area (Å²) in [6, 6.07) is 17.8. The lowest BCUT2D eigenvalue weighted by atomic mass is 10.2. The third kappa shape index (κ3) is 4.40. The summed E-state index contributed by atoms with van der Waals surface area (Å²) in [7, 11) is 0. The number of anilines is 1. The Morgan fingerprint density at radius 2 is 1.75 bits per heavy atom. The van der Waals surface area contributed by atoms with Gasteiger partial charge in [0.2, 0.25) is 5.91 Å². The Morgan fingerprint density at radius 3 is 2.50 bits per heavy atom. The third-order valence-electron chi connectivity index (χ3n) is 2.69. The molecule has 0 heterocycles. The molecule has 0 aliphatic rings. The molecular formula is C16H17NO2S. The first-order chi connectivity index (χ1) is 9.79. The van der Waals surface area contributed by atoms with Crippen LogP contribution >= 0.6 is 11.8 Å². The molecular weight excluding hydrogens is 270 g/mol. The molecule has 4 heteroatoms. The van der Waals surface area contributed by atoms with Gasteiger partial charge in [-0.05, 0) is 30.7 Å². The van der Waals surface area contributed by atoms with Gasteiger partial charge >= 0.3 is 0 Å². The number of para-hydroxylation sites is 1. The maximum Gasteiger partial charge on any atom is 0.224 e. The maximum absolute atomic E-state index is 11.7. The molecule has 104 valence electrons. The van der Waals surface area contributed by atoms with Gasteiger partial charge in [0.05, 0.1) is 5.69 Å². The van der Waals surface area contributed by atoms with Gasteiger partial charge in [0.1, 0.15) is 0 Å². The van der Waals surface area contributed by atoms with Gasteiger partial charge in [0.15, 0.2) is 0 Å². The van der Waals surface area contributed by atoms with Gasteiger partial charge in [-0.15, -0.1) is 0 Å². The molecule has 1 amide bonds. The number of benzene rings is 2. The number of hydrogen-bond donors (Lipinski definition) is 2. The summed E-state index contributed by atoms with van der Waals surface area (Å²) in [5, 5.41) is 11.6. The molecule has 0 radical (unpaired) electrons. The molecule has 0 fully saturated rings. The van der Waals surface area contributed by atoms with Crippen molar-refractivity contribution in [3.05, 3.63) is 54.6 Å². The van der Waals surface area contributed by atoms with Crippen LogP contribution in [0.15, 0.2) is 64.4 Å². The predicted octanol–water partition coefficient (Wildman–Crippen LogP) is 3.55. The molecule has 0 bridgehead atoms. The van der Waals surface area contributed by atoms with Crippen molar-refractivity contribution in [2.45, 2.75) is 22.6 Å². The molecule has 2 aromatic carbocycles. The van der Waals surface area contributed by atoms with E-state index in [1.807, 2.05) is 54.6 Å². The van der Waals surface area contributed by atoms with E-state index in [4.69, 9.17) is 5.11 Å². The smallest absolute Gasteiger partial charge is 0.224 e. The molecule has 2 rings (SSSR count). The van der Waals surface area contributed by atoms with E-state index in [1.165, 1.54) is 0 Å². The molecule has 0 atom stereocenters. The first kappa shape index (κ1) is 14.6. The zero-order valence-corrected chi connectivity index (χ0v) is 11.9. The predicted molar refractivity (Wildman–Crippen MR) is 82.0 cm³/mol. The number of nitrogens with one attached hydrogen (secondary N) is 1. The van der Waals surface area contributed by atoms with Crippen molar-refractivity contribution in [3.8, 4) is 0 Å². The molecule has 2 aromatic rings. The van der Waals surface area contributed by atoms with E-state index >= 15 is 0 Å². The van der Waals surface area contributed by atoms with E-state index in [1.54, 1.807) is 11.8 Å². The van der Waals surface area contributed by atoms with Crippen molar-refractivity contribution in [1.29, 1.82) is 0 Å². The summed E-state index contributed by atoms with van der Waals surface area (Å²) in [5.41, 5.74) is 0.810. The zero-order valence-electron chi connectivity index (χ0n) is 11.1. The van der Waals surface area contributed by atoms with E-state index in [0.717, 1.165) is 15.5 Å². The molecule has 0 unspecified atom stereocenters. The van der Waals surface area contributed by atoms with Gasteiger partial charge in [0.25, 0.3) is 0 Å². The largest absolute Gasteiger partial charge is 0.396 e. The number of aliphatic hydroxyl groups excluding tert-OH is 1. The molecule has 20 heavy (non-hydrogen) atoms. The highest BCUT2D eigenvalue weighted by molar-refractivity contribution is 7.99. The van der Waals surface area contributed by atoms with E-state index in [2.05, 4.69) is 5.32 Å². The zero-order chi connectivity index (χ0) is 14.2. The van der Waals surface area contributed by atoms with Crippen LogP contribution < -0.4 is 5.32 Å². The molecule has 0 aliphatic carbocycles. The van der Waals surface area contributed by atoms with Crippen molar-refractivity contribution in [2.75, 3.05) is 11.9 Å². The van der Waals surface area contributed by atoms with Crippen molar-refractivity contribution < 1.29 is 9.90 Å². The molecule has 0 spiro atoms. The van der Waals surface area contributed by atoms with E-state index < -0.39 is 0 Å². The maximum atomic E-state index is 11.7. The first-order valence-electron chi connectivity index (χ1n) is 6.52. The number of rotatable bonds is 6. The topological polar surface area (TPSA) is 49.3 Å². The second kappa shape index (κ2) is 7.72. The minimum atomic E-state index is -0.0693. The number of aliphatic hydroxyl groups is 1. The summed E-state index contributed by atoms with van der Waals surface area (Å²) >= 11 is 1.62. The summed E-state index contributed by atoms with van der Waals surface area (Å²) in [6.45, 7) is 0.0355. The Balaban J connectivity index is 2.08. The van der Waals surface area contributed by atoms with Crippen molar-refractivity contribution in [3.63, 3.8) is 0 Å². The fraction of sp³-hybridized carbons (Fsp3) is 0.188. The quantitative estimate of drug-likeness (QED) is 0.854. The Morgan fingerprint density at radius 1 is 1.05 bits per heavy atom. The van der Waals surface area contributed by atoms with Gasteiger partial charge in [0, 0.05) is 22.8 Å². The lowest BCUT2D eigenvalue weighted by Gasteiger charge is -2.10. The van der Waals surface area contributed by atoms with Crippen LogP contribution in [0.25, 0.3) is 0 Å². The number of amides is 1.